The molecular formula is C8H6N4. The molecule has 0 fully saturated rings. The molecule has 0 aromatic carbocycles. The minimum atomic E-state index is 0.533. The van der Waals surface area contributed by atoms with Gasteiger partial charge in [-0.3, -0.25) is 9.98 Å². The van der Waals surface area contributed by atoms with Gasteiger partial charge in [-0.2, -0.15) is 5.26 Å². The molecule has 58 valence electrons. The number of rotatable bonds is 0. The summed E-state index contributed by atoms with van der Waals surface area (Å²) in [7, 11) is 0. The van der Waals surface area contributed by atoms with Gasteiger partial charge in [-0.25, -0.2) is 0 Å². The van der Waals surface area contributed by atoms with E-state index < -0.39 is 0 Å². The summed E-state index contributed by atoms with van der Waals surface area (Å²) >= 11 is 0. The van der Waals surface area contributed by atoms with Crippen molar-refractivity contribution in [3.8, 4) is 6.07 Å². The maximum absolute atomic E-state index is 8.72. The van der Waals surface area contributed by atoms with Crippen LogP contribution in [-0.4, -0.2) is 17.9 Å². The number of nitrogens with zero attached hydrogens (tertiary/aromatic N) is 3. The average Bonchev–Trinajstić information content (AvgIpc) is 2.17. The van der Waals surface area contributed by atoms with Crippen LogP contribution in [0.2, 0.25) is 0 Å². The van der Waals surface area contributed by atoms with Crippen LogP contribution in [-0.2, 0) is 0 Å². The molecule has 1 aromatic rings. The molecule has 4 heteroatoms. The second kappa shape index (κ2) is 2.62. The minimum absolute atomic E-state index is 0.533. The first-order valence-corrected chi connectivity index (χ1v) is 3.53. The van der Waals surface area contributed by atoms with E-state index in [0.29, 0.717) is 12.2 Å². The number of hydrogen-bond acceptors (Lipinski definition) is 4. The Kier molecular flexibility index (Phi) is 1.49. The molecule has 4 nitrogen and oxygen atoms in total. The normalized spacial score (nSPS) is 12.9. The first kappa shape index (κ1) is 6.80. The van der Waals surface area contributed by atoms with E-state index in [9.17, 15) is 0 Å². The lowest BCUT2D eigenvalue weighted by Crippen LogP contribution is -2.09. The monoisotopic (exact) mass is 158 g/mol. The molecule has 0 aliphatic carbocycles. The van der Waals surface area contributed by atoms with Crippen LogP contribution in [0.3, 0.4) is 0 Å². The van der Waals surface area contributed by atoms with Gasteiger partial charge in [-0.15, -0.1) is 0 Å². The van der Waals surface area contributed by atoms with Gasteiger partial charge in [-0.1, -0.05) is 0 Å². The van der Waals surface area contributed by atoms with E-state index in [1.165, 1.54) is 0 Å². The van der Waals surface area contributed by atoms with E-state index in [2.05, 4.69) is 21.4 Å². The maximum Gasteiger partial charge on any atom is 0.107 e. The van der Waals surface area contributed by atoms with E-state index in [1.807, 2.05) is 0 Å². The lowest BCUT2D eigenvalue weighted by Gasteiger charge is -2.12. The summed E-state index contributed by atoms with van der Waals surface area (Å²) in [4.78, 5) is 7.92. The van der Waals surface area contributed by atoms with E-state index in [1.54, 1.807) is 18.6 Å². The molecule has 0 spiro atoms. The molecule has 2 heterocycles. The number of nitrogens with one attached hydrogen (secondary N) is 1. The van der Waals surface area contributed by atoms with E-state index in [0.717, 1.165) is 11.3 Å². The summed E-state index contributed by atoms with van der Waals surface area (Å²) in [6.45, 7) is 0.533. The lowest BCUT2D eigenvalue weighted by atomic mass is 10.1. The third kappa shape index (κ3) is 0.920. The summed E-state index contributed by atoms with van der Waals surface area (Å²) in [6, 6.07) is 2.07. The van der Waals surface area contributed by atoms with Crippen molar-refractivity contribution in [1.82, 2.24) is 4.98 Å². The number of pyridine rings is 1. The van der Waals surface area contributed by atoms with Crippen LogP contribution >= 0.6 is 0 Å². The highest BCUT2D eigenvalue weighted by Crippen LogP contribution is 2.19. The Morgan fingerprint density at radius 3 is 3.25 bits per heavy atom. The van der Waals surface area contributed by atoms with E-state index in [-0.39, 0.29) is 0 Å². The molecule has 1 aliphatic heterocycles. The molecule has 1 aromatic heterocycles. The predicted molar refractivity (Wildman–Crippen MR) is 45.0 cm³/mol. The van der Waals surface area contributed by atoms with Crippen molar-refractivity contribution in [3.63, 3.8) is 0 Å². The fourth-order valence-corrected chi connectivity index (χ4v) is 1.13. The molecule has 0 radical (unpaired) electrons. The molecule has 1 N–H and O–H groups in total. The van der Waals surface area contributed by atoms with Crippen LogP contribution in [0.1, 0.15) is 11.1 Å². The van der Waals surface area contributed by atoms with Crippen molar-refractivity contribution in [2.24, 2.45) is 4.99 Å². The quantitative estimate of drug-likeness (QED) is 0.606. The molecule has 0 bridgehead atoms. The van der Waals surface area contributed by atoms with Gasteiger partial charge >= 0.3 is 0 Å². The number of nitriles is 1. The zero-order valence-electron chi connectivity index (χ0n) is 6.28. The molecule has 0 saturated carbocycles. The summed E-state index contributed by atoms with van der Waals surface area (Å²) in [6.07, 6.45) is 4.95. The SMILES string of the molecule is N#Cc1cncc2c1NCN=C2. The van der Waals surface area contributed by atoms with Crippen LogP contribution < -0.4 is 5.32 Å². The predicted octanol–water partition coefficient (Wildman–Crippen LogP) is 0.755. The van der Waals surface area contributed by atoms with Gasteiger partial charge in [0.1, 0.15) is 12.7 Å². The van der Waals surface area contributed by atoms with Crippen molar-refractivity contribution in [2.45, 2.75) is 0 Å². The number of hydrogen-bond donors (Lipinski definition) is 1. The van der Waals surface area contributed by atoms with Crippen molar-refractivity contribution >= 4 is 11.9 Å². The van der Waals surface area contributed by atoms with Gasteiger partial charge in [0.05, 0.1) is 11.3 Å². The Morgan fingerprint density at radius 1 is 1.50 bits per heavy atom. The Hall–Kier alpha value is -1.89. The Morgan fingerprint density at radius 2 is 2.42 bits per heavy atom. The Bertz CT molecular complexity index is 375. The fourth-order valence-electron chi connectivity index (χ4n) is 1.13. The molecule has 1 aliphatic rings. The van der Waals surface area contributed by atoms with Crippen LogP contribution in [0, 0.1) is 11.3 Å². The van der Waals surface area contributed by atoms with Gasteiger partial charge in [0, 0.05) is 24.2 Å². The second-order valence-corrected chi connectivity index (χ2v) is 2.41. The van der Waals surface area contributed by atoms with Gasteiger partial charge in [0.2, 0.25) is 0 Å². The smallest absolute Gasteiger partial charge is 0.107 e. The van der Waals surface area contributed by atoms with Crippen LogP contribution in [0.5, 0.6) is 0 Å². The molecule has 12 heavy (non-hydrogen) atoms. The van der Waals surface area contributed by atoms with Gasteiger partial charge in [-0.05, 0) is 0 Å². The number of anilines is 1. The van der Waals surface area contributed by atoms with E-state index >= 15 is 0 Å². The fraction of sp³-hybridized carbons (Fsp3) is 0.125. The highest BCUT2D eigenvalue weighted by molar-refractivity contribution is 5.90. The van der Waals surface area contributed by atoms with Crippen molar-refractivity contribution in [2.75, 3.05) is 12.0 Å². The maximum atomic E-state index is 8.72. The van der Waals surface area contributed by atoms with Gasteiger partial charge in [0.25, 0.3) is 0 Å². The van der Waals surface area contributed by atoms with E-state index in [4.69, 9.17) is 5.26 Å². The van der Waals surface area contributed by atoms with Gasteiger partial charge in [0.15, 0.2) is 0 Å². The summed E-state index contributed by atoms with van der Waals surface area (Å²) < 4.78 is 0. The number of aromatic nitrogens is 1. The first-order valence-electron chi connectivity index (χ1n) is 3.53. The topological polar surface area (TPSA) is 61.1 Å². The largest absolute Gasteiger partial charge is 0.365 e. The molecule has 0 atom stereocenters. The third-order valence-corrected chi connectivity index (χ3v) is 1.67. The summed E-state index contributed by atoms with van der Waals surface area (Å²) in [5, 5.41) is 11.7. The Balaban J connectivity index is 2.63. The highest BCUT2D eigenvalue weighted by atomic mass is 15.0. The van der Waals surface area contributed by atoms with Crippen molar-refractivity contribution in [1.29, 1.82) is 5.26 Å². The van der Waals surface area contributed by atoms with Crippen LogP contribution in [0.4, 0.5) is 5.69 Å². The van der Waals surface area contributed by atoms with Crippen molar-refractivity contribution < 1.29 is 0 Å². The molecule has 0 unspecified atom stereocenters. The third-order valence-electron chi connectivity index (χ3n) is 1.67. The first-order chi connectivity index (χ1) is 5.92. The summed E-state index contributed by atoms with van der Waals surface area (Å²) in [5.41, 5.74) is 2.28. The molecule has 0 amide bonds. The number of fused-ring (bicyclic) bond motifs is 1. The van der Waals surface area contributed by atoms with Crippen LogP contribution in [0.15, 0.2) is 17.4 Å². The Labute approximate surface area is 69.6 Å². The van der Waals surface area contributed by atoms with Crippen molar-refractivity contribution in [3.05, 3.63) is 23.5 Å². The second-order valence-electron chi connectivity index (χ2n) is 2.41. The molecular weight excluding hydrogens is 152 g/mol. The molecule has 0 saturated heterocycles. The molecule has 2 rings (SSSR count). The summed E-state index contributed by atoms with van der Waals surface area (Å²) in [5.74, 6) is 0. The highest BCUT2D eigenvalue weighted by Gasteiger charge is 2.08. The van der Waals surface area contributed by atoms with Gasteiger partial charge < -0.3 is 5.32 Å². The zero-order valence-corrected chi connectivity index (χ0v) is 6.28. The standard InChI is InChI=1S/C8H6N4/c9-1-6-2-10-3-7-4-11-5-12-8(6)7/h2-4,12H,5H2. The average molecular weight is 158 g/mol. The zero-order chi connectivity index (χ0) is 8.39. The van der Waals surface area contributed by atoms with Crippen LogP contribution in [0.25, 0.3) is 0 Å². The lowest BCUT2D eigenvalue weighted by molar-refractivity contribution is 1.11. The number of aliphatic imine (C=N–C) groups is 1. The minimum Gasteiger partial charge on any atom is -0.365 e.